The molecule has 1 saturated carbocycles. The van der Waals surface area contributed by atoms with Crippen LogP contribution < -0.4 is 5.32 Å². The van der Waals surface area contributed by atoms with Gasteiger partial charge in [-0.2, -0.15) is 0 Å². The first kappa shape index (κ1) is 12.1. The van der Waals surface area contributed by atoms with Crippen LogP contribution in [0.25, 0.3) is 0 Å². The number of hydrogen-bond acceptors (Lipinski definition) is 2. The van der Waals surface area contributed by atoms with E-state index >= 15 is 0 Å². The summed E-state index contributed by atoms with van der Waals surface area (Å²) in [6, 6.07) is 8.89. The second-order valence-corrected chi connectivity index (χ2v) is 4.77. The summed E-state index contributed by atoms with van der Waals surface area (Å²) in [6.45, 7) is 3.25. The van der Waals surface area contributed by atoms with Crippen LogP contribution >= 0.6 is 0 Å². The first-order valence-corrected chi connectivity index (χ1v) is 6.20. The number of benzene rings is 1. The molecule has 2 rings (SSSR count). The molecule has 1 amide bonds. The van der Waals surface area contributed by atoms with Crippen molar-refractivity contribution >= 4 is 5.91 Å². The Labute approximate surface area is 103 Å². The second kappa shape index (κ2) is 5.32. The molecule has 0 atom stereocenters. The summed E-state index contributed by atoms with van der Waals surface area (Å²) >= 11 is 0. The number of carbonyl (C=O) groups is 1. The van der Waals surface area contributed by atoms with Gasteiger partial charge in [-0.15, -0.1) is 0 Å². The number of carbonyl (C=O) groups excluding carboxylic acids is 1. The van der Waals surface area contributed by atoms with E-state index in [4.69, 9.17) is 0 Å². The van der Waals surface area contributed by atoms with Crippen molar-refractivity contribution in [3.05, 3.63) is 35.4 Å². The van der Waals surface area contributed by atoms with Crippen LogP contribution in [0.1, 0.15) is 24.0 Å². The van der Waals surface area contributed by atoms with E-state index in [1.54, 1.807) is 0 Å². The van der Waals surface area contributed by atoms with Gasteiger partial charge in [-0.05, 0) is 32.4 Å². The molecule has 0 spiro atoms. The molecule has 3 nitrogen and oxygen atoms in total. The van der Waals surface area contributed by atoms with Crippen LogP contribution in [0.4, 0.5) is 0 Å². The molecule has 0 aromatic heterocycles. The quantitative estimate of drug-likeness (QED) is 0.838. The molecule has 0 radical (unpaired) electrons. The summed E-state index contributed by atoms with van der Waals surface area (Å²) in [4.78, 5) is 14.0. The Morgan fingerprint density at radius 3 is 2.53 bits per heavy atom. The zero-order chi connectivity index (χ0) is 12.3. The molecule has 1 aliphatic carbocycles. The fourth-order valence-electron chi connectivity index (χ4n) is 1.95. The van der Waals surface area contributed by atoms with Crippen LogP contribution in [0.5, 0.6) is 0 Å². The number of hydrogen-bond donors (Lipinski definition) is 1. The van der Waals surface area contributed by atoms with Gasteiger partial charge in [0.2, 0.25) is 5.91 Å². The van der Waals surface area contributed by atoms with E-state index in [9.17, 15) is 4.79 Å². The van der Waals surface area contributed by atoms with Gasteiger partial charge in [0.15, 0.2) is 0 Å². The van der Waals surface area contributed by atoms with Gasteiger partial charge in [0.1, 0.15) is 0 Å². The topological polar surface area (TPSA) is 32.3 Å². The minimum Gasteiger partial charge on any atom is -0.334 e. The third-order valence-corrected chi connectivity index (χ3v) is 3.11. The summed E-state index contributed by atoms with van der Waals surface area (Å²) < 4.78 is 0. The third kappa shape index (κ3) is 3.30. The van der Waals surface area contributed by atoms with E-state index in [0.717, 1.165) is 19.4 Å². The predicted molar refractivity (Wildman–Crippen MR) is 68.7 cm³/mol. The Morgan fingerprint density at radius 1 is 1.35 bits per heavy atom. The van der Waals surface area contributed by atoms with Crippen LogP contribution in [0, 0.1) is 6.92 Å². The molecule has 0 aliphatic heterocycles. The van der Waals surface area contributed by atoms with E-state index in [-0.39, 0.29) is 5.91 Å². The maximum Gasteiger partial charge on any atom is 0.237 e. The van der Waals surface area contributed by atoms with Gasteiger partial charge < -0.3 is 10.2 Å². The van der Waals surface area contributed by atoms with Crippen LogP contribution in [0.3, 0.4) is 0 Å². The van der Waals surface area contributed by atoms with E-state index < -0.39 is 0 Å². The molecule has 1 aliphatic rings. The first-order chi connectivity index (χ1) is 8.20. The Bertz CT molecular complexity index is 382. The van der Waals surface area contributed by atoms with E-state index in [0.29, 0.717) is 12.6 Å². The van der Waals surface area contributed by atoms with Crippen molar-refractivity contribution < 1.29 is 4.79 Å². The number of amides is 1. The Balaban J connectivity index is 2.02. The molecule has 3 heteroatoms. The summed E-state index contributed by atoms with van der Waals surface area (Å²) in [6.07, 6.45) is 2.31. The van der Waals surface area contributed by atoms with Crippen molar-refractivity contribution in [3.8, 4) is 0 Å². The molecule has 1 aromatic carbocycles. The van der Waals surface area contributed by atoms with E-state index in [2.05, 4.69) is 36.5 Å². The molecule has 17 heavy (non-hydrogen) atoms. The normalized spacial score (nSPS) is 14.7. The van der Waals surface area contributed by atoms with Gasteiger partial charge in [0.25, 0.3) is 0 Å². The predicted octanol–water partition coefficient (Wildman–Crippen LogP) is 1.71. The number of nitrogens with zero attached hydrogens (tertiary/aromatic N) is 1. The van der Waals surface area contributed by atoms with Crippen molar-refractivity contribution in [3.63, 3.8) is 0 Å². The highest BCUT2D eigenvalue weighted by Gasteiger charge is 2.31. The molecule has 0 unspecified atom stereocenters. The molecule has 1 aromatic rings. The molecule has 92 valence electrons. The Morgan fingerprint density at radius 2 is 2.00 bits per heavy atom. The highest BCUT2D eigenvalue weighted by molar-refractivity contribution is 5.78. The molecule has 1 N–H and O–H groups in total. The number of aryl methyl sites for hydroxylation is 1. The van der Waals surface area contributed by atoms with E-state index in [1.165, 1.54) is 11.1 Å². The lowest BCUT2D eigenvalue weighted by Gasteiger charge is -2.22. The van der Waals surface area contributed by atoms with Crippen LogP contribution in [0.15, 0.2) is 24.3 Å². The van der Waals surface area contributed by atoms with Gasteiger partial charge in [0.05, 0.1) is 6.54 Å². The summed E-state index contributed by atoms with van der Waals surface area (Å²) in [5.74, 6) is 0.204. The van der Waals surface area contributed by atoms with Gasteiger partial charge in [-0.3, -0.25) is 4.79 Å². The Kier molecular flexibility index (Phi) is 3.79. The maximum absolute atomic E-state index is 12.0. The number of rotatable bonds is 5. The molecule has 0 heterocycles. The van der Waals surface area contributed by atoms with Crippen molar-refractivity contribution in [2.24, 2.45) is 0 Å². The van der Waals surface area contributed by atoms with Crippen molar-refractivity contribution in [2.75, 3.05) is 13.6 Å². The van der Waals surface area contributed by atoms with Crippen molar-refractivity contribution in [1.82, 2.24) is 10.2 Å². The SMILES string of the molecule is CNCC(=O)N(Cc1ccc(C)cc1)C1CC1. The number of likely N-dealkylation sites (N-methyl/N-ethyl adjacent to an activating group) is 1. The second-order valence-electron chi connectivity index (χ2n) is 4.77. The molecular weight excluding hydrogens is 212 g/mol. The molecular formula is C14H20N2O. The lowest BCUT2D eigenvalue weighted by atomic mass is 10.1. The standard InChI is InChI=1S/C14H20N2O/c1-11-3-5-12(6-4-11)10-16(13-7-8-13)14(17)9-15-2/h3-6,13,15H,7-10H2,1-2H3. The monoisotopic (exact) mass is 232 g/mol. The average Bonchev–Trinajstić information content (AvgIpc) is 3.12. The number of nitrogens with one attached hydrogen (secondary N) is 1. The van der Waals surface area contributed by atoms with Crippen molar-refractivity contribution in [1.29, 1.82) is 0 Å². The molecule has 0 saturated heterocycles. The van der Waals surface area contributed by atoms with Gasteiger partial charge in [-0.25, -0.2) is 0 Å². The highest BCUT2D eigenvalue weighted by Crippen LogP contribution is 2.28. The lowest BCUT2D eigenvalue weighted by Crippen LogP contribution is -2.38. The highest BCUT2D eigenvalue weighted by atomic mass is 16.2. The molecule has 0 bridgehead atoms. The smallest absolute Gasteiger partial charge is 0.237 e. The lowest BCUT2D eigenvalue weighted by molar-refractivity contribution is -0.131. The summed E-state index contributed by atoms with van der Waals surface area (Å²) in [7, 11) is 1.81. The van der Waals surface area contributed by atoms with E-state index in [1.807, 2.05) is 11.9 Å². The van der Waals surface area contributed by atoms with Crippen LogP contribution in [0.2, 0.25) is 0 Å². The summed E-state index contributed by atoms with van der Waals surface area (Å²) in [5, 5.41) is 2.93. The average molecular weight is 232 g/mol. The maximum atomic E-state index is 12.0. The minimum absolute atomic E-state index is 0.204. The fraction of sp³-hybridized carbons (Fsp3) is 0.500. The van der Waals surface area contributed by atoms with Gasteiger partial charge >= 0.3 is 0 Å². The van der Waals surface area contributed by atoms with Gasteiger partial charge in [-0.1, -0.05) is 29.8 Å². The van der Waals surface area contributed by atoms with Crippen LogP contribution in [-0.2, 0) is 11.3 Å². The Hall–Kier alpha value is -1.35. The third-order valence-electron chi connectivity index (χ3n) is 3.11. The first-order valence-electron chi connectivity index (χ1n) is 6.20. The molecule has 1 fully saturated rings. The fourth-order valence-corrected chi connectivity index (χ4v) is 1.95. The minimum atomic E-state index is 0.204. The zero-order valence-corrected chi connectivity index (χ0v) is 10.6. The zero-order valence-electron chi connectivity index (χ0n) is 10.6. The van der Waals surface area contributed by atoms with Gasteiger partial charge in [0, 0.05) is 12.6 Å². The largest absolute Gasteiger partial charge is 0.334 e. The van der Waals surface area contributed by atoms with Crippen LogP contribution in [-0.4, -0.2) is 30.4 Å². The summed E-state index contributed by atoms with van der Waals surface area (Å²) in [5.41, 5.74) is 2.47. The van der Waals surface area contributed by atoms with Crippen molar-refractivity contribution in [2.45, 2.75) is 32.4 Å².